The van der Waals surface area contributed by atoms with Crippen LogP contribution in [0.3, 0.4) is 0 Å². The third kappa shape index (κ3) is 4.51. The van der Waals surface area contributed by atoms with E-state index in [2.05, 4.69) is 19.5 Å². The molecule has 0 saturated carbocycles. The molecule has 0 amide bonds. The maximum atomic E-state index is 12.5. The Balaban J connectivity index is 3.42. The summed E-state index contributed by atoms with van der Waals surface area (Å²) in [5.74, 6) is -2.47. The van der Waals surface area contributed by atoms with Crippen LogP contribution in [-0.2, 0) is 14.3 Å². The van der Waals surface area contributed by atoms with Gasteiger partial charge in [-0.15, -0.1) is 0 Å². The molecule has 1 N–H and O–H groups in total. The van der Waals surface area contributed by atoms with E-state index in [-0.39, 0.29) is 5.69 Å². The van der Waals surface area contributed by atoms with Crippen molar-refractivity contribution in [3.8, 4) is 5.75 Å². The average Bonchev–Trinajstić information content (AvgIpc) is 2.52. The van der Waals surface area contributed by atoms with Gasteiger partial charge in [-0.1, -0.05) is 0 Å². The van der Waals surface area contributed by atoms with Crippen LogP contribution in [0, 0.1) is 10.1 Å². The van der Waals surface area contributed by atoms with Crippen molar-refractivity contribution in [1.82, 2.24) is 0 Å². The lowest BCUT2D eigenvalue weighted by molar-refractivity contribution is -0.384. The molecule has 1 atom stereocenters. The summed E-state index contributed by atoms with van der Waals surface area (Å²) in [6.07, 6.45) is 0. The van der Waals surface area contributed by atoms with E-state index >= 15 is 0 Å². The molecule has 0 aliphatic heterocycles. The minimum Gasteiger partial charge on any atom is -0.467 e. The van der Waals surface area contributed by atoms with Gasteiger partial charge in [0.25, 0.3) is 5.69 Å². The highest BCUT2D eigenvalue weighted by atomic mass is 19.3. The zero-order valence-corrected chi connectivity index (χ0v) is 12.9. The van der Waals surface area contributed by atoms with E-state index in [1.54, 1.807) is 0 Å². The molecule has 0 aromatic heterocycles. The molecular formula is C13H14F2N2O7. The largest absolute Gasteiger partial charge is 0.467 e. The second-order valence-electron chi connectivity index (χ2n) is 4.38. The van der Waals surface area contributed by atoms with Crippen molar-refractivity contribution in [2.75, 3.05) is 19.5 Å². The first-order chi connectivity index (χ1) is 11.2. The summed E-state index contributed by atoms with van der Waals surface area (Å²) in [7, 11) is 2.09. The Morgan fingerprint density at radius 1 is 1.25 bits per heavy atom. The Bertz CT molecular complexity index is 651. The van der Waals surface area contributed by atoms with Crippen LogP contribution < -0.4 is 10.1 Å². The lowest BCUT2D eigenvalue weighted by Crippen LogP contribution is -2.27. The molecule has 1 rings (SSSR count). The molecule has 1 aromatic carbocycles. The number of methoxy groups -OCH3 is 2. The van der Waals surface area contributed by atoms with Crippen LogP contribution in [0.2, 0.25) is 0 Å². The second-order valence-corrected chi connectivity index (χ2v) is 4.38. The van der Waals surface area contributed by atoms with E-state index in [0.717, 1.165) is 26.4 Å². The van der Waals surface area contributed by atoms with Gasteiger partial charge >= 0.3 is 18.6 Å². The standard InChI is InChI=1S/C13H14F2N2O7/c1-6(11(18)22-2)16-8-5-10(24-13(14)15)7(12(19)23-3)4-9(8)17(20)21/h4-6,13,16H,1-3H3. The topological polar surface area (TPSA) is 117 Å². The lowest BCUT2D eigenvalue weighted by Gasteiger charge is -2.16. The molecule has 0 bridgehead atoms. The summed E-state index contributed by atoms with van der Waals surface area (Å²) in [6.45, 7) is -1.93. The number of hydrogen-bond acceptors (Lipinski definition) is 8. The average molecular weight is 348 g/mol. The highest BCUT2D eigenvalue weighted by molar-refractivity contribution is 5.95. The molecule has 0 radical (unpaired) electrons. The predicted octanol–water partition coefficient (Wildman–Crippen LogP) is 1.96. The fourth-order valence-corrected chi connectivity index (χ4v) is 1.77. The summed E-state index contributed by atoms with van der Waals surface area (Å²) in [5, 5.41) is 13.6. The van der Waals surface area contributed by atoms with E-state index in [4.69, 9.17) is 0 Å². The van der Waals surface area contributed by atoms with Crippen LogP contribution in [0.15, 0.2) is 12.1 Å². The van der Waals surface area contributed by atoms with Gasteiger partial charge in [-0.05, 0) is 6.92 Å². The van der Waals surface area contributed by atoms with Crippen molar-refractivity contribution >= 4 is 23.3 Å². The summed E-state index contributed by atoms with van der Waals surface area (Å²) >= 11 is 0. The minimum atomic E-state index is -3.28. The molecule has 0 spiro atoms. The SMILES string of the molecule is COC(=O)c1cc([N+](=O)[O-])c(NC(C)C(=O)OC)cc1OC(F)F. The van der Waals surface area contributed by atoms with Crippen LogP contribution in [0.1, 0.15) is 17.3 Å². The van der Waals surface area contributed by atoms with E-state index in [0.29, 0.717) is 0 Å². The van der Waals surface area contributed by atoms with Crippen LogP contribution in [0.25, 0.3) is 0 Å². The normalized spacial score (nSPS) is 11.6. The number of carbonyl (C=O) groups is 2. The molecule has 0 aliphatic rings. The minimum absolute atomic E-state index is 0.304. The van der Waals surface area contributed by atoms with Crippen molar-refractivity contribution in [3.05, 3.63) is 27.8 Å². The summed E-state index contributed by atoms with van der Waals surface area (Å²) < 4.78 is 38.1. The number of nitro groups is 1. The van der Waals surface area contributed by atoms with Gasteiger partial charge < -0.3 is 19.5 Å². The fourth-order valence-electron chi connectivity index (χ4n) is 1.77. The third-order valence-electron chi connectivity index (χ3n) is 2.84. The van der Waals surface area contributed by atoms with Gasteiger partial charge in [0.15, 0.2) is 0 Å². The number of anilines is 1. The van der Waals surface area contributed by atoms with Gasteiger partial charge in [-0.2, -0.15) is 8.78 Å². The van der Waals surface area contributed by atoms with Crippen molar-refractivity contribution < 1.29 is 37.5 Å². The van der Waals surface area contributed by atoms with Crippen molar-refractivity contribution in [2.45, 2.75) is 19.6 Å². The molecule has 132 valence electrons. The maximum Gasteiger partial charge on any atom is 0.387 e. The molecule has 9 nitrogen and oxygen atoms in total. The Labute approximate surface area is 134 Å². The van der Waals surface area contributed by atoms with Gasteiger partial charge in [0.2, 0.25) is 0 Å². The maximum absolute atomic E-state index is 12.5. The van der Waals surface area contributed by atoms with E-state index in [9.17, 15) is 28.5 Å². The van der Waals surface area contributed by atoms with Crippen LogP contribution >= 0.6 is 0 Å². The van der Waals surface area contributed by atoms with E-state index < -0.39 is 46.5 Å². The smallest absolute Gasteiger partial charge is 0.387 e. The zero-order valence-electron chi connectivity index (χ0n) is 12.9. The number of halogens is 2. The Hall–Kier alpha value is -2.98. The molecule has 1 aromatic rings. The number of alkyl halides is 2. The van der Waals surface area contributed by atoms with Crippen LogP contribution in [0.5, 0.6) is 5.75 Å². The highest BCUT2D eigenvalue weighted by Gasteiger charge is 2.27. The molecular weight excluding hydrogens is 334 g/mol. The molecule has 0 heterocycles. The van der Waals surface area contributed by atoms with Gasteiger partial charge in [-0.25, -0.2) is 9.59 Å². The number of nitrogens with zero attached hydrogens (tertiary/aromatic N) is 1. The Kier molecular flexibility index (Phi) is 6.38. The Morgan fingerprint density at radius 2 is 1.88 bits per heavy atom. The quantitative estimate of drug-likeness (QED) is 0.451. The summed E-state index contributed by atoms with van der Waals surface area (Å²) in [6, 6.07) is 0.517. The van der Waals surface area contributed by atoms with Crippen LogP contribution in [0.4, 0.5) is 20.2 Å². The lowest BCUT2D eigenvalue weighted by atomic mass is 10.1. The number of nitro benzene ring substituents is 1. The monoisotopic (exact) mass is 348 g/mol. The van der Waals surface area contributed by atoms with Gasteiger partial charge in [0, 0.05) is 12.1 Å². The first-order valence-corrected chi connectivity index (χ1v) is 6.41. The van der Waals surface area contributed by atoms with Crippen molar-refractivity contribution in [1.29, 1.82) is 0 Å². The number of carbonyl (C=O) groups excluding carboxylic acids is 2. The molecule has 0 saturated heterocycles. The Morgan fingerprint density at radius 3 is 2.33 bits per heavy atom. The molecule has 1 unspecified atom stereocenters. The molecule has 11 heteroatoms. The predicted molar refractivity (Wildman–Crippen MR) is 76.2 cm³/mol. The van der Waals surface area contributed by atoms with Crippen LogP contribution in [-0.4, -0.2) is 43.7 Å². The summed E-state index contributed by atoms with van der Waals surface area (Å²) in [5.41, 5.74) is -1.49. The highest BCUT2D eigenvalue weighted by Crippen LogP contribution is 2.34. The number of ether oxygens (including phenoxy) is 3. The fraction of sp³-hybridized carbons (Fsp3) is 0.385. The number of nitrogens with one attached hydrogen (secondary N) is 1. The first kappa shape index (κ1) is 19.1. The van der Waals surface area contributed by atoms with Crippen molar-refractivity contribution in [3.63, 3.8) is 0 Å². The van der Waals surface area contributed by atoms with Crippen molar-refractivity contribution in [2.24, 2.45) is 0 Å². The van der Waals surface area contributed by atoms with Gasteiger partial charge in [-0.3, -0.25) is 10.1 Å². The van der Waals surface area contributed by atoms with Gasteiger partial charge in [0.05, 0.1) is 19.1 Å². The number of benzene rings is 1. The second kappa shape index (κ2) is 8.04. The number of hydrogen-bond donors (Lipinski definition) is 1. The zero-order chi connectivity index (χ0) is 18.4. The number of esters is 2. The van der Waals surface area contributed by atoms with E-state index in [1.165, 1.54) is 6.92 Å². The summed E-state index contributed by atoms with van der Waals surface area (Å²) in [4.78, 5) is 33.3. The molecule has 24 heavy (non-hydrogen) atoms. The number of rotatable bonds is 7. The molecule has 0 fully saturated rings. The van der Waals surface area contributed by atoms with Gasteiger partial charge in [0.1, 0.15) is 23.0 Å². The first-order valence-electron chi connectivity index (χ1n) is 6.41. The van der Waals surface area contributed by atoms with E-state index in [1.807, 2.05) is 0 Å². The third-order valence-corrected chi connectivity index (χ3v) is 2.84. The molecule has 0 aliphatic carbocycles.